The molecule has 2 aromatic rings. The highest BCUT2D eigenvalue weighted by Crippen LogP contribution is 2.14. The quantitative estimate of drug-likeness (QED) is 0.528. The van der Waals surface area contributed by atoms with Crippen LogP contribution in [0.3, 0.4) is 0 Å². The summed E-state index contributed by atoms with van der Waals surface area (Å²) in [6, 6.07) is 14.4. The van der Waals surface area contributed by atoms with E-state index in [0.717, 1.165) is 0 Å². The summed E-state index contributed by atoms with van der Waals surface area (Å²) >= 11 is 3.71. The van der Waals surface area contributed by atoms with E-state index < -0.39 is 16.7 Å². The predicted octanol–water partition coefficient (Wildman–Crippen LogP) is 2.82. The largest absolute Gasteiger partial charge is 0.285 e. The van der Waals surface area contributed by atoms with Gasteiger partial charge < -0.3 is 0 Å². The molecule has 0 bridgehead atoms. The summed E-state index contributed by atoms with van der Waals surface area (Å²) in [4.78, 5) is 35.5. The van der Waals surface area contributed by atoms with Crippen LogP contribution in [-0.4, -0.2) is 16.7 Å². The van der Waals surface area contributed by atoms with Crippen molar-refractivity contribution in [2.75, 3.05) is 0 Å². The highest BCUT2D eigenvalue weighted by molar-refractivity contribution is 7.97. The third-order valence-corrected chi connectivity index (χ3v) is 2.89. The van der Waals surface area contributed by atoms with Crippen molar-refractivity contribution < 1.29 is 14.4 Å². The molecule has 0 saturated carbocycles. The minimum Gasteiger partial charge on any atom is -0.285 e. The van der Waals surface area contributed by atoms with Crippen LogP contribution in [-0.2, 0) is 0 Å². The molecule has 0 fully saturated rings. The molecule has 0 amide bonds. The molecule has 0 heterocycles. The highest BCUT2D eigenvalue weighted by Gasteiger charge is 2.22. The Balaban J connectivity index is 2.41. The van der Waals surface area contributed by atoms with Gasteiger partial charge in [-0.05, 0) is 6.07 Å². The lowest BCUT2D eigenvalue weighted by Crippen LogP contribution is -2.17. The zero-order valence-electron chi connectivity index (χ0n) is 9.87. The van der Waals surface area contributed by atoms with E-state index in [4.69, 9.17) is 0 Å². The van der Waals surface area contributed by atoms with Crippen LogP contribution in [0.15, 0.2) is 54.6 Å². The number of Topliss-reactive ketones (excluding diaryl/α,β-unsaturated/α-hetero) is 2. The van der Waals surface area contributed by atoms with Gasteiger partial charge in [0.15, 0.2) is 0 Å². The van der Waals surface area contributed by atoms with Gasteiger partial charge in [-0.15, -0.1) is 12.6 Å². The fourth-order valence-electron chi connectivity index (χ4n) is 1.71. The average molecular weight is 270 g/mol. The third kappa shape index (κ3) is 2.80. The first kappa shape index (κ1) is 13.2. The Morgan fingerprint density at radius 1 is 0.684 bits per heavy atom. The molecule has 0 aliphatic carbocycles. The first-order valence-electron chi connectivity index (χ1n) is 5.57. The average Bonchev–Trinajstić information content (AvgIpc) is 2.46. The van der Waals surface area contributed by atoms with Gasteiger partial charge >= 0.3 is 0 Å². The highest BCUT2D eigenvalue weighted by atomic mass is 32.1. The maximum Gasteiger partial charge on any atom is 0.234 e. The van der Waals surface area contributed by atoms with Gasteiger partial charge in [0.05, 0.1) is 0 Å². The second-order valence-corrected chi connectivity index (χ2v) is 4.28. The van der Waals surface area contributed by atoms with Crippen LogP contribution in [0.4, 0.5) is 0 Å². The van der Waals surface area contributed by atoms with Gasteiger partial charge in [0.1, 0.15) is 0 Å². The molecule has 0 N–H and O–H groups in total. The van der Waals surface area contributed by atoms with E-state index in [2.05, 4.69) is 12.6 Å². The Kier molecular flexibility index (Phi) is 3.92. The van der Waals surface area contributed by atoms with E-state index in [1.807, 2.05) is 0 Å². The number of thiol groups is 1. The zero-order chi connectivity index (χ0) is 13.8. The summed E-state index contributed by atoms with van der Waals surface area (Å²) < 4.78 is 0. The normalized spacial score (nSPS) is 9.95. The Hall–Kier alpha value is -2.20. The van der Waals surface area contributed by atoms with E-state index in [1.54, 1.807) is 42.5 Å². The van der Waals surface area contributed by atoms with E-state index >= 15 is 0 Å². The van der Waals surface area contributed by atoms with E-state index in [-0.39, 0.29) is 11.1 Å². The lowest BCUT2D eigenvalue weighted by Gasteiger charge is -2.04. The smallest absolute Gasteiger partial charge is 0.234 e. The maximum atomic E-state index is 12.1. The second-order valence-electron chi connectivity index (χ2n) is 3.88. The summed E-state index contributed by atoms with van der Waals surface area (Å²) in [5.74, 6) is -1.34. The van der Waals surface area contributed by atoms with E-state index in [1.165, 1.54) is 12.1 Å². The van der Waals surface area contributed by atoms with Crippen LogP contribution in [0.5, 0.6) is 0 Å². The number of benzene rings is 2. The van der Waals surface area contributed by atoms with Gasteiger partial charge in [0, 0.05) is 16.7 Å². The van der Waals surface area contributed by atoms with Crippen LogP contribution in [0.2, 0.25) is 0 Å². The molecule has 2 rings (SSSR count). The number of carbonyl (C=O) groups excluding carboxylic acids is 3. The van der Waals surface area contributed by atoms with Crippen LogP contribution >= 0.6 is 12.6 Å². The molecule has 0 unspecified atom stereocenters. The molecule has 0 atom stereocenters. The zero-order valence-corrected chi connectivity index (χ0v) is 10.8. The van der Waals surface area contributed by atoms with Crippen molar-refractivity contribution in [3.63, 3.8) is 0 Å². The molecular formula is C15H10O3S. The standard InChI is InChI=1S/C15H10O3S/c16-13(10-6-2-1-3-7-10)14(17)11-8-4-5-9-12(11)15(18)19/h1-9H,(H,18,19). The minimum absolute atomic E-state index is 0.0800. The third-order valence-electron chi connectivity index (χ3n) is 2.64. The summed E-state index contributed by atoms with van der Waals surface area (Å²) in [7, 11) is 0. The number of hydrogen-bond acceptors (Lipinski definition) is 3. The molecule has 2 aromatic carbocycles. The van der Waals surface area contributed by atoms with E-state index in [9.17, 15) is 14.4 Å². The van der Waals surface area contributed by atoms with Gasteiger partial charge in [-0.1, -0.05) is 48.5 Å². The Morgan fingerprint density at radius 2 is 1.21 bits per heavy atom. The summed E-state index contributed by atoms with van der Waals surface area (Å²) in [6.07, 6.45) is 0. The molecule has 0 spiro atoms. The lowest BCUT2D eigenvalue weighted by molar-refractivity contribution is 0.0815. The minimum atomic E-state index is -0.704. The lowest BCUT2D eigenvalue weighted by atomic mass is 9.98. The molecule has 19 heavy (non-hydrogen) atoms. The van der Waals surface area contributed by atoms with Crippen molar-refractivity contribution >= 4 is 29.3 Å². The van der Waals surface area contributed by atoms with Gasteiger partial charge in [-0.25, -0.2) is 0 Å². The topological polar surface area (TPSA) is 51.2 Å². The van der Waals surface area contributed by atoms with Crippen molar-refractivity contribution in [1.82, 2.24) is 0 Å². The van der Waals surface area contributed by atoms with Crippen LogP contribution < -0.4 is 0 Å². The SMILES string of the molecule is O=C(C(=O)c1ccccc1C(=O)S)c1ccccc1. The summed E-state index contributed by atoms with van der Waals surface area (Å²) in [6.45, 7) is 0. The van der Waals surface area contributed by atoms with Gasteiger partial charge in [-0.3, -0.25) is 14.4 Å². The fraction of sp³-hybridized carbons (Fsp3) is 0. The number of ketones is 2. The van der Waals surface area contributed by atoms with Gasteiger partial charge in [0.25, 0.3) is 0 Å². The number of hydrogen-bond donors (Lipinski definition) is 1. The molecule has 0 aromatic heterocycles. The van der Waals surface area contributed by atoms with Crippen molar-refractivity contribution in [1.29, 1.82) is 0 Å². The molecule has 0 radical (unpaired) electrons. The van der Waals surface area contributed by atoms with Crippen molar-refractivity contribution in [2.45, 2.75) is 0 Å². The molecule has 0 aliphatic rings. The van der Waals surface area contributed by atoms with Gasteiger partial charge in [0.2, 0.25) is 16.7 Å². The molecule has 4 heteroatoms. The van der Waals surface area contributed by atoms with Crippen molar-refractivity contribution in [3.8, 4) is 0 Å². The molecular weight excluding hydrogens is 260 g/mol. The van der Waals surface area contributed by atoms with Crippen molar-refractivity contribution in [3.05, 3.63) is 71.3 Å². The first-order valence-corrected chi connectivity index (χ1v) is 6.02. The van der Waals surface area contributed by atoms with E-state index in [0.29, 0.717) is 5.56 Å². The monoisotopic (exact) mass is 270 g/mol. The number of rotatable bonds is 4. The Morgan fingerprint density at radius 3 is 1.79 bits per heavy atom. The fourth-order valence-corrected chi connectivity index (χ4v) is 1.91. The summed E-state index contributed by atoms with van der Waals surface area (Å²) in [5.41, 5.74) is 0.519. The van der Waals surface area contributed by atoms with Crippen LogP contribution in [0.25, 0.3) is 0 Å². The molecule has 0 saturated heterocycles. The Bertz CT molecular complexity index is 647. The van der Waals surface area contributed by atoms with Crippen molar-refractivity contribution in [2.24, 2.45) is 0 Å². The molecule has 0 aliphatic heterocycles. The second kappa shape index (κ2) is 5.63. The number of carbonyl (C=O) groups is 3. The Labute approximate surface area is 115 Å². The predicted molar refractivity (Wildman–Crippen MR) is 74.9 cm³/mol. The van der Waals surface area contributed by atoms with Crippen LogP contribution in [0.1, 0.15) is 31.1 Å². The van der Waals surface area contributed by atoms with Crippen LogP contribution in [0, 0.1) is 0 Å². The first-order chi connectivity index (χ1) is 9.11. The molecule has 94 valence electrons. The maximum absolute atomic E-state index is 12.1. The van der Waals surface area contributed by atoms with Gasteiger partial charge in [-0.2, -0.15) is 0 Å². The molecule has 3 nitrogen and oxygen atoms in total. The summed E-state index contributed by atoms with van der Waals surface area (Å²) in [5, 5.41) is -0.537.